The molecule has 88 valence electrons. The number of fused-ring (bicyclic) bond motifs is 1. The number of aromatic carboxylic acids is 1. The van der Waals surface area contributed by atoms with E-state index in [2.05, 4.69) is 0 Å². The van der Waals surface area contributed by atoms with Gasteiger partial charge in [-0.05, 0) is 19.9 Å². The molecule has 2 rings (SSSR count). The number of phenolic OH excluding ortho intramolecular Hbond substituents is 1. The van der Waals surface area contributed by atoms with Gasteiger partial charge in [0.1, 0.15) is 11.3 Å². The van der Waals surface area contributed by atoms with Gasteiger partial charge in [0.05, 0.1) is 5.56 Å². The van der Waals surface area contributed by atoms with Crippen LogP contribution >= 0.6 is 0 Å². The summed E-state index contributed by atoms with van der Waals surface area (Å²) in [5.74, 6) is -1.53. The lowest BCUT2D eigenvalue weighted by Crippen LogP contribution is -1.95. The molecule has 0 saturated carbocycles. The average molecular weight is 234 g/mol. The minimum absolute atomic E-state index is 0.121. The summed E-state index contributed by atoms with van der Waals surface area (Å²) in [5.41, 5.74) is 1.22. The molecule has 2 aromatic rings. The van der Waals surface area contributed by atoms with Crippen LogP contribution < -0.4 is 0 Å². The largest absolute Gasteiger partial charge is 0.507 e. The van der Waals surface area contributed by atoms with Crippen LogP contribution in [0.1, 0.15) is 32.0 Å². The van der Waals surface area contributed by atoms with Crippen molar-refractivity contribution in [3.05, 3.63) is 28.5 Å². The molecule has 0 fully saturated rings. The summed E-state index contributed by atoms with van der Waals surface area (Å²) in [6, 6.07) is 1.43. The molecule has 0 saturated heterocycles. The smallest absolute Gasteiger partial charge is 0.372 e. The number of carbonyl (C=O) groups excluding carboxylic acids is 1. The second kappa shape index (κ2) is 3.62. The molecule has 5 heteroatoms. The third kappa shape index (κ3) is 1.47. The summed E-state index contributed by atoms with van der Waals surface area (Å²) in [6.07, 6.45) is 0.522. The van der Waals surface area contributed by atoms with Crippen molar-refractivity contribution >= 4 is 23.2 Å². The third-order valence-electron chi connectivity index (χ3n) is 2.78. The van der Waals surface area contributed by atoms with Crippen molar-refractivity contribution in [2.75, 3.05) is 0 Å². The fraction of sp³-hybridized carbons (Fsp3) is 0.167. The molecule has 2 N–H and O–H groups in total. The fourth-order valence-corrected chi connectivity index (χ4v) is 1.82. The van der Waals surface area contributed by atoms with Gasteiger partial charge in [0, 0.05) is 16.5 Å². The summed E-state index contributed by atoms with van der Waals surface area (Å²) in [6.45, 7) is 3.17. The van der Waals surface area contributed by atoms with Crippen LogP contribution in [0.5, 0.6) is 5.75 Å². The van der Waals surface area contributed by atoms with Crippen molar-refractivity contribution < 1.29 is 24.2 Å². The Hall–Kier alpha value is -2.30. The molecule has 0 bridgehead atoms. The minimum Gasteiger partial charge on any atom is -0.507 e. The summed E-state index contributed by atoms with van der Waals surface area (Å²) >= 11 is 0. The van der Waals surface area contributed by atoms with Crippen LogP contribution in [0.25, 0.3) is 11.0 Å². The summed E-state index contributed by atoms with van der Waals surface area (Å²) in [5, 5.41) is 19.2. The predicted molar refractivity (Wildman–Crippen MR) is 59.7 cm³/mol. The summed E-state index contributed by atoms with van der Waals surface area (Å²) in [7, 11) is 0. The molecule has 0 atom stereocenters. The van der Waals surface area contributed by atoms with Crippen molar-refractivity contribution in [3.63, 3.8) is 0 Å². The number of carbonyl (C=O) groups is 2. The van der Waals surface area contributed by atoms with E-state index in [1.165, 1.54) is 6.07 Å². The third-order valence-corrected chi connectivity index (χ3v) is 2.78. The van der Waals surface area contributed by atoms with Gasteiger partial charge in [0.15, 0.2) is 6.29 Å². The van der Waals surface area contributed by atoms with Gasteiger partial charge in [-0.25, -0.2) is 4.79 Å². The molecular formula is C12H10O5. The average Bonchev–Trinajstić information content (AvgIpc) is 2.61. The number of aromatic hydroxyl groups is 1. The highest BCUT2D eigenvalue weighted by Crippen LogP contribution is 2.34. The topological polar surface area (TPSA) is 87.7 Å². The van der Waals surface area contributed by atoms with Crippen LogP contribution in [0, 0.1) is 13.8 Å². The van der Waals surface area contributed by atoms with Crippen LogP contribution in [0.4, 0.5) is 0 Å². The maximum Gasteiger partial charge on any atom is 0.372 e. The normalized spacial score (nSPS) is 10.7. The second-order valence-electron chi connectivity index (χ2n) is 3.80. The van der Waals surface area contributed by atoms with E-state index in [0.29, 0.717) is 28.4 Å². The number of aryl methyl sites for hydroxylation is 2. The number of aldehydes is 1. The van der Waals surface area contributed by atoms with E-state index in [9.17, 15) is 14.7 Å². The van der Waals surface area contributed by atoms with Crippen LogP contribution in [0.2, 0.25) is 0 Å². The first-order valence-electron chi connectivity index (χ1n) is 4.91. The van der Waals surface area contributed by atoms with Crippen molar-refractivity contribution in [2.45, 2.75) is 13.8 Å². The molecule has 0 radical (unpaired) electrons. The van der Waals surface area contributed by atoms with E-state index < -0.39 is 5.97 Å². The van der Waals surface area contributed by atoms with Crippen molar-refractivity contribution in [3.8, 4) is 5.75 Å². The van der Waals surface area contributed by atoms with Gasteiger partial charge in [-0.3, -0.25) is 4.79 Å². The molecule has 1 aromatic carbocycles. The highest BCUT2D eigenvalue weighted by atomic mass is 16.4. The van der Waals surface area contributed by atoms with Gasteiger partial charge in [0.25, 0.3) is 0 Å². The van der Waals surface area contributed by atoms with Gasteiger partial charge in [-0.2, -0.15) is 0 Å². The van der Waals surface area contributed by atoms with E-state index in [-0.39, 0.29) is 17.1 Å². The number of furan rings is 1. The second-order valence-corrected chi connectivity index (χ2v) is 3.80. The molecule has 1 aromatic heterocycles. The first-order valence-corrected chi connectivity index (χ1v) is 4.91. The molecule has 5 nitrogen and oxygen atoms in total. The molecule has 0 spiro atoms. The maximum atomic E-state index is 10.9. The molecular weight excluding hydrogens is 224 g/mol. The zero-order valence-corrected chi connectivity index (χ0v) is 9.27. The van der Waals surface area contributed by atoms with Crippen LogP contribution in [-0.2, 0) is 0 Å². The summed E-state index contributed by atoms with van der Waals surface area (Å²) in [4.78, 5) is 21.7. The predicted octanol–water partition coefficient (Wildman–Crippen LogP) is 2.27. The number of phenols is 1. The minimum atomic E-state index is -1.18. The van der Waals surface area contributed by atoms with E-state index in [0.717, 1.165) is 0 Å². The van der Waals surface area contributed by atoms with Crippen molar-refractivity contribution in [2.24, 2.45) is 0 Å². The number of rotatable bonds is 2. The van der Waals surface area contributed by atoms with Crippen LogP contribution in [0.15, 0.2) is 10.5 Å². The molecule has 0 aliphatic carbocycles. The number of benzene rings is 1. The Kier molecular flexibility index (Phi) is 2.38. The lowest BCUT2D eigenvalue weighted by molar-refractivity contribution is 0.0663. The Balaban J connectivity index is 2.93. The van der Waals surface area contributed by atoms with E-state index >= 15 is 0 Å². The van der Waals surface area contributed by atoms with Crippen LogP contribution in [-0.4, -0.2) is 22.5 Å². The maximum absolute atomic E-state index is 10.9. The van der Waals surface area contributed by atoms with Gasteiger partial charge in [-0.1, -0.05) is 0 Å². The molecule has 0 unspecified atom stereocenters. The zero-order valence-electron chi connectivity index (χ0n) is 9.27. The first kappa shape index (κ1) is 11.2. The fourth-order valence-electron chi connectivity index (χ4n) is 1.82. The molecule has 0 aliphatic heterocycles. The zero-order chi connectivity index (χ0) is 12.7. The highest BCUT2D eigenvalue weighted by Gasteiger charge is 2.20. The Morgan fingerprint density at radius 2 is 2.00 bits per heavy atom. The Morgan fingerprint density at radius 1 is 1.35 bits per heavy atom. The van der Waals surface area contributed by atoms with E-state index in [4.69, 9.17) is 9.52 Å². The lowest BCUT2D eigenvalue weighted by atomic mass is 10.0. The lowest BCUT2D eigenvalue weighted by Gasteiger charge is -2.02. The van der Waals surface area contributed by atoms with Crippen molar-refractivity contribution in [1.82, 2.24) is 0 Å². The molecule has 0 amide bonds. The Bertz CT molecular complexity index is 636. The van der Waals surface area contributed by atoms with Crippen LogP contribution in [0.3, 0.4) is 0 Å². The molecule has 1 heterocycles. The number of carboxylic acid groups (broad SMARTS) is 1. The monoisotopic (exact) mass is 234 g/mol. The van der Waals surface area contributed by atoms with E-state index in [1.807, 2.05) is 0 Å². The highest BCUT2D eigenvalue weighted by molar-refractivity contribution is 5.99. The van der Waals surface area contributed by atoms with Gasteiger partial charge in [0.2, 0.25) is 5.76 Å². The SMILES string of the molecule is Cc1c(C(=O)O)oc2c(C)c(O)c(C=O)cc12. The summed E-state index contributed by atoms with van der Waals surface area (Å²) < 4.78 is 5.20. The standard InChI is InChI=1S/C12H10O5/c1-5-8-3-7(4-13)9(14)6(2)10(8)17-11(5)12(15)16/h3-4,14H,1-2H3,(H,15,16). The molecule has 17 heavy (non-hydrogen) atoms. The van der Waals surface area contributed by atoms with E-state index in [1.54, 1.807) is 13.8 Å². The number of hydrogen-bond donors (Lipinski definition) is 2. The van der Waals surface area contributed by atoms with Gasteiger partial charge < -0.3 is 14.6 Å². The number of carboxylic acids is 1. The quantitative estimate of drug-likeness (QED) is 0.778. The number of hydrogen-bond acceptors (Lipinski definition) is 4. The van der Waals surface area contributed by atoms with Crippen molar-refractivity contribution in [1.29, 1.82) is 0 Å². The first-order chi connectivity index (χ1) is 7.97. The Morgan fingerprint density at radius 3 is 2.53 bits per heavy atom. The Labute approximate surface area is 96.3 Å². The molecule has 0 aliphatic rings. The van der Waals surface area contributed by atoms with Gasteiger partial charge in [-0.15, -0.1) is 0 Å². The van der Waals surface area contributed by atoms with Gasteiger partial charge >= 0.3 is 5.97 Å².